The highest BCUT2D eigenvalue weighted by Gasteiger charge is 2.11. The Kier molecular flexibility index (Phi) is 5.03. The molecule has 1 amide bonds. The lowest BCUT2D eigenvalue weighted by atomic mass is 10.2. The van der Waals surface area contributed by atoms with Crippen molar-refractivity contribution in [1.29, 1.82) is 0 Å². The normalized spacial score (nSPS) is 10.5. The van der Waals surface area contributed by atoms with E-state index in [2.05, 4.69) is 10.3 Å². The molecule has 1 heterocycles. The van der Waals surface area contributed by atoms with E-state index in [-0.39, 0.29) is 17.4 Å². The van der Waals surface area contributed by atoms with E-state index in [1.807, 2.05) is 12.1 Å². The number of ether oxygens (including phenoxy) is 1. The number of carbonyl (C=O) groups is 1. The Labute approximate surface area is 132 Å². The van der Waals surface area contributed by atoms with Crippen LogP contribution in [0.25, 0.3) is 6.08 Å². The number of nitro groups is 1. The fourth-order valence-electron chi connectivity index (χ4n) is 1.89. The van der Waals surface area contributed by atoms with Gasteiger partial charge in [-0.05, 0) is 36.8 Å². The van der Waals surface area contributed by atoms with Crippen LogP contribution >= 0.6 is 0 Å². The number of nitrogens with zero attached hydrogens (tertiary/aromatic N) is 2. The maximum absolute atomic E-state index is 11.9. The van der Waals surface area contributed by atoms with Crippen LogP contribution in [0.2, 0.25) is 0 Å². The number of aryl methyl sites for hydroxylation is 1. The third kappa shape index (κ3) is 4.37. The van der Waals surface area contributed by atoms with E-state index in [4.69, 9.17) is 4.74 Å². The van der Waals surface area contributed by atoms with Gasteiger partial charge in [-0.1, -0.05) is 12.1 Å². The second-order valence-corrected chi connectivity index (χ2v) is 4.71. The molecule has 0 unspecified atom stereocenters. The Morgan fingerprint density at radius 3 is 2.83 bits per heavy atom. The predicted octanol–water partition coefficient (Wildman–Crippen LogP) is 2.96. The van der Waals surface area contributed by atoms with E-state index >= 15 is 0 Å². The molecule has 0 spiro atoms. The highest BCUT2D eigenvalue weighted by Crippen LogP contribution is 2.19. The van der Waals surface area contributed by atoms with Gasteiger partial charge in [-0.3, -0.25) is 14.9 Å². The number of hydrogen-bond acceptors (Lipinski definition) is 5. The highest BCUT2D eigenvalue weighted by molar-refractivity contribution is 6.01. The summed E-state index contributed by atoms with van der Waals surface area (Å²) in [5.74, 6) is 0.571. The molecule has 23 heavy (non-hydrogen) atoms. The largest absolute Gasteiger partial charge is 0.497 e. The van der Waals surface area contributed by atoms with E-state index < -0.39 is 4.92 Å². The number of benzene rings is 1. The molecule has 0 radical (unpaired) electrons. The molecule has 1 aromatic carbocycles. The van der Waals surface area contributed by atoms with Crippen molar-refractivity contribution in [1.82, 2.24) is 4.98 Å². The first-order valence-corrected chi connectivity index (χ1v) is 6.74. The minimum Gasteiger partial charge on any atom is -0.497 e. The molecule has 0 aliphatic carbocycles. The second-order valence-electron chi connectivity index (χ2n) is 4.71. The second kappa shape index (κ2) is 7.17. The summed E-state index contributed by atoms with van der Waals surface area (Å²) in [4.78, 5) is 25.9. The summed E-state index contributed by atoms with van der Waals surface area (Å²) in [7, 11) is 1.57. The summed E-state index contributed by atoms with van der Waals surface area (Å²) in [5.41, 5.74) is 1.15. The van der Waals surface area contributed by atoms with Crippen LogP contribution in [-0.2, 0) is 4.79 Å². The van der Waals surface area contributed by atoms with Gasteiger partial charge in [-0.15, -0.1) is 0 Å². The molecule has 7 heteroatoms. The molecular weight excluding hydrogens is 298 g/mol. The SMILES string of the molecule is COc1cccc(/C=C/C(=O)Nc2cc(C)c([N+](=O)[O-])cn2)c1. The molecule has 0 saturated carbocycles. The molecule has 1 aromatic heterocycles. The Bertz CT molecular complexity index is 772. The number of nitrogens with one attached hydrogen (secondary N) is 1. The number of rotatable bonds is 5. The minimum atomic E-state index is -0.517. The van der Waals surface area contributed by atoms with Gasteiger partial charge < -0.3 is 10.1 Å². The van der Waals surface area contributed by atoms with Crippen molar-refractivity contribution < 1.29 is 14.5 Å². The van der Waals surface area contributed by atoms with Gasteiger partial charge in [-0.25, -0.2) is 4.98 Å². The van der Waals surface area contributed by atoms with Crippen LogP contribution in [0.3, 0.4) is 0 Å². The van der Waals surface area contributed by atoms with Gasteiger partial charge in [0.2, 0.25) is 5.91 Å². The maximum Gasteiger partial charge on any atom is 0.290 e. The Morgan fingerprint density at radius 1 is 1.39 bits per heavy atom. The Morgan fingerprint density at radius 2 is 2.17 bits per heavy atom. The van der Waals surface area contributed by atoms with Crippen LogP contribution in [0, 0.1) is 17.0 Å². The van der Waals surface area contributed by atoms with E-state index in [1.54, 1.807) is 32.2 Å². The summed E-state index contributed by atoms with van der Waals surface area (Å²) in [6, 6.07) is 8.70. The summed E-state index contributed by atoms with van der Waals surface area (Å²) < 4.78 is 5.10. The monoisotopic (exact) mass is 313 g/mol. The Balaban J connectivity index is 2.05. The van der Waals surface area contributed by atoms with Gasteiger partial charge in [-0.2, -0.15) is 0 Å². The van der Waals surface area contributed by atoms with Crippen LogP contribution in [0.5, 0.6) is 5.75 Å². The average Bonchev–Trinajstić information content (AvgIpc) is 2.53. The van der Waals surface area contributed by atoms with Crippen molar-refractivity contribution in [3.8, 4) is 5.75 Å². The minimum absolute atomic E-state index is 0.0880. The topological polar surface area (TPSA) is 94.4 Å². The van der Waals surface area contributed by atoms with Crippen LogP contribution in [-0.4, -0.2) is 22.9 Å². The zero-order valence-corrected chi connectivity index (χ0v) is 12.6. The molecule has 0 saturated heterocycles. The third-order valence-corrected chi connectivity index (χ3v) is 3.05. The number of anilines is 1. The zero-order chi connectivity index (χ0) is 16.8. The Hall–Kier alpha value is -3.22. The lowest BCUT2D eigenvalue weighted by Crippen LogP contribution is -2.09. The number of carbonyl (C=O) groups excluding carboxylic acids is 1. The number of hydrogen-bond donors (Lipinski definition) is 1. The van der Waals surface area contributed by atoms with E-state index in [9.17, 15) is 14.9 Å². The van der Waals surface area contributed by atoms with Gasteiger partial charge >= 0.3 is 0 Å². The molecule has 2 aromatic rings. The van der Waals surface area contributed by atoms with Gasteiger partial charge in [0, 0.05) is 11.6 Å². The van der Waals surface area contributed by atoms with Gasteiger partial charge in [0.25, 0.3) is 5.69 Å². The quantitative estimate of drug-likeness (QED) is 0.520. The first kappa shape index (κ1) is 16.2. The van der Waals surface area contributed by atoms with Gasteiger partial charge in [0.05, 0.1) is 12.0 Å². The first-order chi connectivity index (χ1) is 11.0. The molecule has 0 aliphatic rings. The standard InChI is InChI=1S/C16H15N3O4/c1-11-8-15(17-10-14(11)19(21)22)18-16(20)7-6-12-4-3-5-13(9-12)23-2/h3-10H,1-2H3,(H,17,18,20)/b7-6+. The van der Waals surface area contributed by atoms with Crippen molar-refractivity contribution in [2.75, 3.05) is 12.4 Å². The summed E-state index contributed by atoms with van der Waals surface area (Å²) >= 11 is 0. The number of amides is 1. The average molecular weight is 313 g/mol. The van der Waals surface area contributed by atoms with E-state index in [1.165, 1.54) is 12.1 Å². The van der Waals surface area contributed by atoms with Crippen molar-refractivity contribution in [3.63, 3.8) is 0 Å². The number of methoxy groups -OCH3 is 1. The predicted molar refractivity (Wildman–Crippen MR) is 86.3 cm³/mol. The fraction of sp³-hybridized carbons (Fsp3) is 0.125. The van der Waals surface area contributed by atoms with E-state index in [0.717, 1.165) is 11.8 Å². The van der Waals surface area contributed by atoms with E-state index in [0.29, 0.717) is 11.3 Å². The summed E-state index contributed by atoms with van der Waals surface area (Å²) in [6.45, 7) is 1.58. The lowest BCUT2D eigenvalue weighted by Gasteiger charge is -2.03. The molecule has 2 rings (SSSR count). The van der Waals surface area contributed by atoms with Crippen LogP contribution < -0.4 is 10.1 Å². The molecular formula is C16H15N3O4. The van der Waals surface area contributed by atoms with Crippen molar-refractivity contribution in [2.24, 2.45) is 0 Å². The molecule has 0 fully saturated rings. The van der Waals surface area contributed by atoms with Gasteiger partial charge in [0.1, 0.15) is 17.8 Å². The smallest absolute Gasteiger partial charge is 0.290 e. The molecule has 1 N–H and O–H groups in total. The van der Waals surface area contributed by atoms with Crippen LogP contribution in [0.4, 0.5) is 11.5 Å². The molecule has 0 bridgehead atoms. The van der Waals surface area contributed by atoms with Crippen LogP contribution in [0.1, 0.15) is 11.1 Å². The van der Waals surface area contributed by atoms with Crippen molar-refractivity contribution >= 4 is 23.5 Å². The van der Waals surface area contributed by atoms with Crippen LogP contribution in [0.15, 0.2) is 42.6 Å². The molecule has 7 nitrogen and oxygen atoms in total. The van der Waals surface area contributed by atoms with Gasteiger partial charge in [0.15, 0.2) is 0 Å². The third-order valence-electron chi connectivity index (χ3n) is 3.05. The lowest BCUT2D eigenvalue weighted by molar-refractivity contribution is -0.385. The fourth-order valence-corrected chi connectivity index (χ4v) is 1.89. The summed E-state index contributed by atoms with van der Waals surface area (Å²) in [5, 5.41) is 13.3. The van der Waals surface area contributed by atoms with Crippen molar-refractivity contribution in [2.45, 2.75) is 6.92 Å². The molecule has 118 valence electrons. The zero-order valence-electron chi connectivity index (χ0n) is 12.6. The molecule has 0 atom stereocenters. The maximum atomic E-state index is 11.9. The first-order valence-electron chi connectivity index (χ1n) is 6.74. The molecule has 0 aliphatic heterocycles. The van der Waals surface area contributed by atoms with Crippen molar-refractivity contribution in [3.05, 3.63) is 63.8 Å². The summed E-state index contributed by atoms with van der Waals surface area (Å²) in [6.07, 6.45) is 4.11. The number of aromatic nitrogens is 1. The number of pyridine rings is 1. The highest BCUT2D eigenvalue weighted by atomic mass is 16.6.